The number of benzene rings is 1. The molecule has 0 saturated carbocycles. The van der Waals surface area contributed by atoms with Crippen molar-refractivity contribution in [1.82, 2.24) is 0 Å². The lowest BCUT2D eigenvalue weighted by molar-refractivity contribution is -0.143. The number of carbonyl (C=O) groups excluding carboxylic acids is 2. The molecule has 0 N–H and O–H groups in total. The van der Waals surface area contributed by atoms with Crippen LogP contribution in [-0.4, -0.2) is 23.9 Å². The summed E-state index contributed by atoms with van der Waals surface area (Å²) in [6.45, 7) is 5.22. The zero-order chi connectivity index (χ0) is 13.5. The molecule has 1 aromatic carbocycles. The first-order valence-corrected chi connectivity index (χ1v) is 5.66. The van der Waals surface area contributed by atoms with E-state index in [2.05, 4.69) is 6.58 Å². The minimum atomic E-state index is -0.519. The van der Waals surface area contributed by atoms with Gasteiger partial charge in [0.2, 0.25) is 0 Å². The van der Waals surface area contributed by atoms with Crippen molar-refractivity contribution >= 4 is 22.8 Å². The van der Waals surface area contributed by atoms with Crippen molar-refractivity contribution in [2.75, 3.05) is 6.61 Å². The second-order valence-corrected chi connectivity index (χ2v) is 3.90. The molecule has 0 saturated heterocycles. The van der Waals surface area contributed by atoms with E-state index in [4.69, 9.17) is 21.1 Å². The van der Waals surface area contributed by atoms with Crippen molar-refractivity contribution < 1.29 is 19.1 Å². The number of carbonyl (C=O) groups is 2. The maximum absolute atomic E-state index is 10.9. The third kappa shape index (κ3) is 4.59. The molecule has 0 bridgehead atoms. The van der Waals surface area contributed by atoms with Crippen molar-refractivity contribution in [3.8, 4) is 5.75 Å². The van der Waals surface area contributed by atoms with E-state index in [9.17, 15) is 9.59 Å². The first kappa shape index (κ1) is 14.3. The van der Waals surface area contributed by atoms with E-state index in [1.807, 2.05) is 0 Å². The lowest BCUT2D eigenvalue weighted by Gasteiger charge is -2.13. The van der Waals surface area contributed by atoms with Crippen LogP contribution in [0.1, 0.15) is 17.3 Å². The first-order valence-electron chi connectivity index (χ1n) is 5.28. The van der Waals surface area contributed by atoms with E-state index in [1.165, 1.54) is 0 Å². The molecule has 0 aliphatic heterocycles. The molecular weight excluding hydrogens is 256 g/mol. The van der Waals surface area contributed by atoms with Crippen LogP contribution in [0.25, 0.3) is 0 Å². The number of ether oxygens (including phenoxy) is 2. The highest BCUT2D eigenvalue weighted by Gasteiger charge is 2.07. The highest BCUT2D eigenvalue weighted by molar-refractivity contribution is 6.67. The predicted octanol–water partition coefficient (Wildman–Crippen LogP) is 2.56. The van der Waals surface area contributed by atoms with Gasteiger partial charge in [0.05, 0.1) is 0 Å². The normalized spacial score (nSPS) is 11.4. The first-order chi connectivity index (χ1) is 8.52. The molecule has 0 amide bonds. The molecule has 0 fully saturated rings. The minimum Gasteiger partial charge on any atom is -0.490 e. The number of rotatable bonds is 6. The Kier molecular flexibility index (Phi) is 5.39. The molecule has 18 heavy (non-hydrogen) atoms. The van der Waals surface area contributed by atoms with Gasteiger partial charge in [-0.3, -0.25) is 4.79 Å². The second kappa shape index (κ2) is 6.81. The molecule has 1 atom stereocenters. The largest absolute Gasteiger partial charge is 0.490 e. The van der Waals surface area contributed by atoms with Crippen LogP contribution in [0.4, 0.5) is 0 Å². The van der Waals surface area contributed by atoms with E-state index in [0.717, 1.165) is 6.08 Å². The van der Waals surface area contributed by atoms with Crippen molar-refractivity contribution in [3.63, 3.8) is 0 Å². The summed E-state index contributed by atoms with van der Waals surface area (Å²) in [4.78, 5) is 21.7. The van der Waals surface area contributed by atoms with Gasteiger partial charge in [0.1, 0.15) is 18.5 Å². The summed E-state index contributed by atoms with van der Waals surface area (Å²) >= 11 is 5.31. The molecule has 1 aromatic rings. The van der Waals surface area contributed by atoms with E-state index in [0.29, 0.717) is 11.3 Å². The monoisotopic (exact) mass is 268 g/mol. The Hall–Kier alpha value is -1.81. The number of hydrogen-bond acceptors (Lipinski definition) is 4. The van der Waals surface area contributed by atoms with E-state index >= 15 is 0 Å². The average molecular weight is 269 g/mol. The second-order valence-electron chi connectivity index (χ2n) is 3.56. The van der Waals surface area contributed by atoms with Crippen molar-refractivity contribution in [3.05, 3.63) is 42.5 Å². The standard InChI is InChI=1S/C13H13ClO4/c1-3-12(15)18-9(2)8-17-11-6-4-10(5-7-11)13(14)16/h3-7,9H,1,8H2,2H3. The zero-order valence-corrected chi connectivity index (χ0v) is 10.6. The van der Waals surface area contributed by atoms with Gasteiger partial charge in [-0.15, -0.1) is 0 Å². The summed E-state index contributed by atoms with van der Waals surface area (Å²) in [6, 6.07) is 6.37. The summed E-state index contributed by atoms with van der Waals surface area (Å²) in [5.41, 5.74) is 0.398. The van der Waals surface area contributed by atoms with Crippen molar-refractivity contribution in [2.24, 2.45) is 0 Å². The van der Waals surface area contributed by atoms with Crippen molar-refractivity contribution in [2.45, 2.75) is 13.0 Å². The van der Waals surface area contributed by atoms with E-state index < -0.39 is 11.2 Å². The van der Waals surface area contributed by atoms with Gasteiger partial charge in [0, 0.05) is 11.6 Å². The Morgan fingerprint density at radius 1 is 1.39 bits per heavy atom. The minimum absolute atomic E-state index is 0.216. The Morgan fingerprint density at radius 3 is 2.50 bits per heavy atom. The number of hydrogen-bond donors (Lipinski definition) is 0. The number of halogens is 1. The lowest BCUT2D eigenvalue weighted by atomic mass is 10.2. The van der Waals surface area contributed by atoms with E-state index in [1.54, 1.807) is 31.2 Å². The van der Waals surface area contributed by atoms with Crippen LogP contribution < -0.4 is 4.74 Å². The van der Waals surface area contributed by atoms with Gasteiger partial charge in [-0.2, -0.15) is 0 Å². The molecule has 0 spiro atoms. The van der Waals surface area contributed by atoms with Gasteiger partial charge in [0.15, 0.2) is 0 Å². The smallest absolute Gasteiger partial charge is 0.330 e. The molecule has 4 nitrogen and oxygen atoms in total. The van der Waals surface area contributed by atoms with Gasteiger partial charge in [0.25, 0.3) is 5.24 Å². The zero-order valence-electron chi connectivity index (χ0n) is 9.89. The van der Waals surface area contributed by atoms with E-state index in [-0.39, 0.29) is 12.7 Å². The molecule has 5 heteroatoms. The fourth-order valence-corrected chi connectivity index (χ4v) is 1.30. The molecule has 0 aliphatic carbocycles. The van der Waals surface area contributed by atoms with Crippen LogP contribution in [0.15, 0.2) is 36.9 Å². The summed E-state index contributed by atoms with van der Waals surface area (Å²) < 4.78 is 10.3. The van der Waals surface area contributed by atoms with Crippen LogP contribution in [0.5, 0.6) is 5.75 Å². The van der Waals surface area contributed by atoms with Crippen LogP contribution in [0, 0.1) is 0 Å². The topological polar surface area (TPSA) is 52.6 Å². The molecule has 0 heterocycles. The Balaban J connectivity index is 2.46. The fraction of sp³-hybridized carbons (Fsp3) is 0.231. The van der Waals surface area contributed by atoms with Crippen LogP contribution in [-0.2, 0) is 9.53 Å². The third-order valence-electron chi connectivity index (χ3n) is 2.05. The molecule has 1 rings (SSSR count). The Morgan fingerprint density at radius 2 is 2.00 bits per heavy atom. The summed E-state index contributed by atoms with van der Waals surface area (Å²) in [5.74, 6) is 0.0763. The van der Waals surface area contributed by atoms with Crippen LogP contribution in [0.3, 0.4) is 0 Å². The lowest BCUT2D eigenvalue weighted by Crippen LogP contribution is -2.20. The summed E-state index contributed by atoms with van der Waals surface area (Å²) in [5, 5.41) is -0.519. The summed E-state index contributed by atoms with van der Waals surface area (Å²) in [6.07, 6.45) is 0.710. The Bertz CT molecular complexity index is 439. The van der Waals surface area contributed by atoms with Crippen molar-refractivity contribution in [1.29, 1.82) is 0 Å². The highest BCUT2D eigenvalue weighted by Crippen LogP contribution is 2.14. The fourth-order valence-electron chi connectivity index (χ4n) is 1.18. The quantitative estimate of drug-likeness (QED) is 0.452. The maximum Gasteiger partial charge on any atom is 0.330 e. The molecular formula is C13H13ClO4. The highest BCUT2D eigenvalue weighted by atomic mass is 35.5. The molecule has 1 unspecified atom stereocenters. The number of esters is 1. The van der Waals surface area contributed by atoms with Gasteiger partial charge >= 0.3 is 5.97 Å². The SMILES string of the molecule is C=CC(=O)OC(C)COc1ccc(C(=O)Cl)cc1. The Labute approximate surface area is 110 Å². The molecule has 0 aliphatic rings. The van der Waals surface area contributed by atoms with Gasteiger partial charge in [-0.25, -0.2) is 4.79 Å². The van der Waals surface area contributed by atoms with Gasteiger partial charge in [-0.1, -0.05) is 6.58 Å². The van der Waals surface area contributed by atoms with Gasteiger partial charge in [-0.05, 0) is 42.8 Å². The van der Waals surface area contributed by atoms with Crippen LogP contribution in [0.2, 0.25) is 0 Å². The maximum atomic E-state index is 10.9. The average Bonchev–Trinajstić information content (AvgIpc) is 2.36. The van der Waals surface area contributed by atoms with Gasteiger partial charge < -0.3 is 9.47 Å². The predicted molar refractivity (Wildman–Crippen MR) is 67.9 cm³/mol. The molecule has 0 radical (unpaired) electrons. The molecule has 0 aromatic heterocycles. The summed E-state index contributed by atoms with van der Waals surface area (Å²) in [7, 11) is 0. The van der Waals surface area contributed by atoms with Crippen LogP contribution >= 0.6 is 11.6 Å². The molecule has 96 valence electrons. The third-order valence-corrected chi connectivity index (χ3v) is 2.27.